The van der Waals surface area contributed by atoms with E-state index in [9.17, 15) is 5.11 Å². The van der Waals surface area contributed by atoms with Gasteiger partial charge < -0.3 is 5.11 Å². The van der Waals surface area contributed by atoms with Crippen molar-refractivity contribution in [3.8, 4) is 11.5 Å². The second kappa shape index (κ2) is 6.63. The summed E-state index contributed by atoms with van der Waals surface area (Å²) in [7, 11) is -1.24. The fourth-order valence-electron chi connectivity index (χ4n) is 1.66. The molecule has 1 aromatic rings. The Balaban J connectivity index is 2.51. The number of hydrogen-bond donors (Lipinski definition) is 1. The molecule has 0 bridgehead atoms. The first-order valence-corrected chi connectivity index (χ1v) is 9.69. The smallest absolute Gasteiger partial charge is 0.129 e. The summed E-state index contributed by atoms with van der Waals surface area (Å²) in [5, 5.41) is 9.40. The summed E-state index contributed by atoms with van der Waals surface area (Å²) in [4.78, 5) is 0. The molecule has 0 aliphatic carbocycles. The molecule has 0 spiro atoms. The van der Waals surface area contributed by atoms with Crippen LogP contribution in [0.25, 0.3) is 0 Å². The summed E-state index contributed by atoms with van der Waals surface area (Å²) in [5.41, 5.74) is 4.57. The van der Waals surface area contributed by atoms with Crippen LogP contribution in [0.15, 0.2) is 30.3 Å². The first-order valence-electron chi connectivity index (χ1n) is 6.19. The lowest BCUT2D eigenvalue weighted by atomic mass is 9.95. The molecule has 0 radical (unpaired) electrons. The highest BCUT2D eigenvalue weighted by Gasteiger charge is 2.10. The highest BCUT2D eigenvalue weighted by atomic mass is 28.3. The summed E-state index contributed by atoms with van der Waals surface area (Å²) < 4.78 is 0. The summed E-state index contributed by atoms with van der Waals surface area (Å²) >= 11 is 0. The molecule has 0 aromatic heterocycles. The summed E-state index contributed by atoms with van der Waals surface area (Å²) in [6.07, 6.45) is 1.82. The Bertz CT molecular complexity index is 381. The summed E-state index contributed by atoms with van der Waals surface area (Å²) in [5.74, 6) is 3.49. The molecular formula is C15H22OSi. The van der Waals surface area contributed by atoms with E-state index in [2.05, 4.69) is 43.2 Å². The fourth-order valence-corrected chi connectivity index (χ4v) is 2.32. The molecule has 1 aromatic carbocycles. The Morgan fingerprint density at radius 1 is 1.18 bits per heavy atom. The Morgan fingerprint density at radius 3 is 2.35 bits per heavy atom. The Hall–Kier alpha value is -1.04. The van der Waals surface area contributed by atoms with E-state index in [1.54, 1.807) is 0 Å². The fraction of sp³-hybridized carbons (Fsp3) is 0.467. The third-order valence-corrected chi connectivity index (χ3v) is 3.50. The van der Waals surface area contributed by atoms with Crippen molar-refractivity contribution in [2.45, 2.75) is 38.4 Å². The second-order valence-corrected chi connectivity index (χ2v) is 10.1. The van der Waals surface area contributed by atoms with Crippen molar-refractivity contribution in [1.29, 1.82) is 0 Å². The van der Waals surface area contributed by atoms with E-state index in [1.807, 2.05) is 18.2 Å². The van der Waals surface area contributed by atoms with Crippen LogP contribution in [0.3, 0.4) is 0 Å². The molecule has 1 atom stereocenters. The van der Waals surface area contributed by atoms with E-state index < -0.39 is 8.07 Å². The minimum atomic E-state index is -1.24. The highest BCUT2D eigenvalue weighted by molar-refractivity contribution is 6.83. The summed E-state index contributed by atoms with van der Waals surface area (Å²) in [6.45, 7) is 6.96. The Kier molecular flexibility index (Phi) is 5.47. The topological polar surface area (TPSA) is 20.2 Å². The van der Waals surface area contributed by atoms with Crippen LogP contribution in [0, 0.1) is 11.5 Å². The van der Waals surface area contributed by atoms with Crippen LogP contribution in [0.1, 0.15) is 24.3 Å². The van der Waals surface area contributed by atoms with Gasteiger partial charge in [0, 0.05) is 18.9 Å². The zero-order valence-electron chi connectivity index (χ0n) is 11.0. The second-order valence-electron chi connectivity index (χ2n) is 5.38. The average Bonchev–Trinajstić information content (AvgIpc) is 2.29. The lowest BCUT2D eigenvalue weighted by Gasteiger charge is -2.12. The largest absolute Gasteiger partial charge is 0.396 e. The maximum absolute atomic E-state index is 9.40. The maximum atomic E-state index is 9.40. The van der Waals surface area contributed by atoms with Gasteiger partial charge in [-0.05, 0) is 12.0 Å². The van der Waals surface area contributed by atoms with Gasteiger partial charge in [0.05, 0.1) is 0 Å². The maximum Gasteiger partial charge on any atom is 0.129 e. The van der Waals surface area contributed by atoms with Gasteiger partial charge in [0.2, 0.25) is 0 Å². The molecular weight excluding hydrogens is 224 g/mol. The third kappa shape index (κ3) is 5.72. The predicted octanol–water partition coefficient (Wildman–Crippen LogP) is 3.42. The van der Waals surface area contributed by atoms with Crippen LogP contribution in [-0.4, -0.2) is 19.8 Å². The van der Waals surface area contributed by atoms with Crippen molar-refractivity contribution in [3.63, 3.8) is 0 Å². The molecule has 1 unspecified atom stereocenters. The van der Waals surface area contributed by atoms with Crippen LogP contribution >= 0.6 is 0 Å². The van der Waals surface area contributed by atoms with Gasteiger partial charge in [0.25, 0.3) is 0 Å². The van der Waals surface area contributed by atoms with E-state index in [1.165, 1.54) is 5.56 Å². The van der Waals surface area contributed by atoms with Gasteiger partial charge >= 0.3 is 0 Å². The first kappa shape index (κ1) is 14.0. The van der Waals surface area contributed by atoms with Crippen molar-refractivity contribution in [2.24, 2.45) is 0 Å². The van der Waals surface area contributed by atoms with Crippen molar-refractivity contribution < 1.29 is 5.11 Å². The van der Waals surface area contributed by atoms with Crippen molar-refractivity contribution in [2.75, 3.05) is 6.61 Å². The SMILES string of the molecule is C[Si](C)(C)C#CCCC(CO)c1ccccc1. The molecule has 0 aliphatic heterocycles. The minimum absolute atomic E-state index is 0.207. The van der Waals surface area contributed by atoms with E-state index >= 15 is 0 Å². The van der Waals surface area contributed by atoms with Gasteiger partial charge in [-0.2, -0.15) is 0 Å². The third-order valence-electron chi connectivity index (χ3n) is 2.57. The molecule has 0 saturated carbocycles. The molecule has 1 rings (SSSR count). The van der Waals surface area contributed by atoms with Crippen LogP contribution < -0.4 is 0 Å². The molecule has 1 N–H and O–H groups in total. The number of rotatable bonds is 4. The zero-order chi connectivity index (χ0) is 12.7. The Morgan fingerprint density at radius 2 is 1.82 bits per heavy atom. The van der Waals surface area contributed by atoms with Crippen molar-refractivity contribution in [3.05, 3.63) is 35.9 Å². The number of aliphatic hydroxyl groups excluding tert-OH is 1. The van der Waals surface area contributed by atoms with Crippen LogP contribution in [0.2, 0.25) is 19.6 Å². The standard InChI is InChI=1S/C15H22OSi/c1-17(2,3)12-8-7-11-15(13-16)14-9-5-4-6-10-14/h4-6,9-10,15-16H,7,11,13H2,1-3H3. The number of aliphatic hydroxyl groups is 1. The van der Waals surface area contributed by atoms with Gasteiger partial charge in [-0.15, -0.1) is 11.5 Å². The molecule has 1 nitrogen and oxygen atoms in total. The van der Waals surface area contributed by atoms with Crippen LogP contribution in [0.4, 0.5) is 0 Å². The molecule has 0 heterocycles. The van der Waals surface area contributed by atoms with E-state index in [0.29, 0.717) is 0 Å². The average molecular weight is 246 g/mol. The molecule has 0 aliphatic rings. The minimum Gasteiger partial charge on any atom is -0.396 e. The van der Waals surface area contributed by atoms with E-state index in [4.69, 9.17) is 0 Å². The lowest BCUT2D eigenvalue weighted by Crippen LogP contribution is -2.16. The summed E-state index contributed by atoms with van der Waals surface area (Å²) in [6, 6.07) is 10.2. The first-order chi connectivity index (χ1) is 8.03. The normalized spacial score (nSPS) is 12.7. The van der Waals surface area contributed by atoms with Gasteiger partial charge in [0.15, 0.2) is 0 Å². The van der Waals surface area contributed by atoms with Gasteiger partial charge in [-0.1, -0.05) is 50.0 Å². The molecule has 0 saturated heterocycles. The Labute approximate surface area is 106 Å². The van der Waals surface area contributed by atoms with Gasteiger partial charge in [0.1, 0.15) is 8.07 Å². The number of benzene rings is 1. The van der Waals surface area contributed by atoms with E-state index in [0.717, 1.165) is 12.8 Å². The molecule has 92 valence electrons. The lowest BCUT2D eigenvalue weighted by molar-refractivity contribution is 0.260. The van der Waals surface area contributed by atoms with Crippen molar-refractivity contribution in [1.82, 2.24) is 0 Å². The van der Waals surface area contributed by atoms with Gasteiger partial charge in [-0.3, -0.25) is 0 Å². The van der Waals surface area contributed by atoms with E-state index in [-0.39, 0.29) is 12.5 Å². The molecule has 2 heteroatoms. The highest BCUT2D eigenvalue weighted by Crippen LogP contribution is 2.19. The van der Waals surface area contributed by atoms with Gasteiger partial charge in [-0.25, -0.2) is 0 Å². The quantitative estimate of drug-likeness (QED) is 0.637. The van der Waals surface area contributed by atoms with Crippen LogP contribution in [0.5, 0.6) is 0 Å². The molecule has 0 amide bonds. The van der Waals surface area contributed by atoms with Crippen LogP contribution in [-0.2, 0) is 0 Å². The monoisotopic (exact) mass is 246 g/mol. The zero-order valence-corrected chi connectivity index (χ0v) is 12.0. The molecule has 0 fully saturated rings. The molecule has 17 heavy (non-hydrogen) atoms. The predicted molar refractivity (Wildman–Crippen MR) is 76.6 cm³/mol. The van der Waals surface area contributed by atoms with Crippen molar-refractivity contribution >= 4 is 8.07 Å². The number of hydrogen-bond acceptors (Lipinski definition) is 1.